The molecule has 0 atom stereocenters. The van der Waals surface area contributed by atoms with Crippen LogP contribution in [0, 0.1) is 13.8 Å². The molecule has 3 rings (SSSR count). The van der Waals surface area contributed by atoms with Crippen molar-refractivity contribution in [3.63, 3.8) is 0 Å². The summed E-state index contributed by atoms with van der Waals surface area (Å²) in [6.07, 6.45) is 0. The molecular weight excluding hydrogens is 366 g/mol. The third kappa shape index (κ3) is 6.12. The number of nitrogens with one attached hydrogen (secondary N) is 1. The molecule has 6 heteroatoms. The zero-order valence-electron chi connectivity index (χ0n) is 17.6. The number of anilines is 1. The Labute approximate surface area is 173 Å². The highest BCUT2D eigenvalue weighted by Crippen LogP contribution is 2.22. The number of ether oxygens (including phenoxy) is 2. The lowest BCUT2D eigenvalue weighted by Gasteiger charge is -2.35. The molecule has 1 N–H and O–H groups in total. The number of carbonyl (C=O) groups is 1. The van der Waals surface area contributed by atoms with Gasteiger partial charge in [0.1, 0.15) is 18.1 Å². The molecule has 1 fully saturated rings. The van der Waals surface area contributed by atoms with E-state index in [1.807, 2.05) is 31.2 Å². The van der Waals surface area contributed by atoms with E-state index in [1.165, 1.54) is 5.56 Å². The predicted molar refractivity (Wildman–Crippen MR) is 116 cm³/mol. The van der Waals surface area contributed by atoms with Gasteiger partial charge in [0.25, 0.3) is 0 Å². The Bertz CT molecular complexity index is 817. The van der Waals surface area contributed by atoms with Crippen molar-refractivity contribution in [2.24, 2.45) is 0 Å². The molecule has 1 aliphatic heterocycles. The first-order chi connectivity index (χ1) is 14.0. The van der Waals surface area contributed by atoms with Crippen molar-refractivity contribution < 1.29 is 14.3 Å². The topological polar surface area (TPSA) is 54.0 Å². The number of rotatable bonds is 8. The van der Waals surface area contributed by atoms with Crippen LogP contribution < -0.4 is 19.7 Å². The number of piperazine rings is 1. The van der Waals surface area contributed by atoms with Gasteiger partial charge in [0, 0.05) is 37.9 Å². The Balaban J connectivity index is 1.35. The van der Waals surface area contributed by atoms with Gasteiger partial charge in [0.15, 0.2) is 0 Å². The van der Waals surface area contributed by atoms with Gasteiger partial charge in [-0.1, -0.05) is 23.8 Å². The molecule has 1 saturated heterocycles. The zero-order valence-corrected chi connectivity index (χ0v) is 17.6. The molecule has 0 aromatic heterocycles. The van der Waals surface area contributed by atoms with Gasteiger partial charge in [-0.25, -0.2) is 0 Å². The van der Waals surface area contributed by atoms with Gasteiger partial charge in [-0.05, 0) is 37.6 Å². The Morgan fingerprint density at radius 3 is 2.59 bits per heavy atom. The summed E-state index contributed by atoms with van der Waals surface area (Å²) in [6.45, 7) is 9.03. The molecule has 2 aromatic rings. The first kappa shape index (κ1) is 21.0. The molecule has 29 heavy (non-hydrogen) atoms. The van der Waals surface area contributed by atoms with E-state index in [4.69, 9.17) is 9.47 Å². The molecule has 0 aliphatic carbocycles. The van der Waals surface area contributed by atoms with Crippen molar-refractivity contribution in [1.29, 1.82) is 0 Å². The van der Waals surface area contributed by atoms with Gasteiger partial charge in [0.2, 0.25) is 5.91 Å². The predicted octanol–water partition coefficient (Wildman–Crippen LogP) is 2.63. The fourth-order valence-corrected chi connectivity index (χ4v) is 3.54. The SMILES string of the molecule is COc1cccc(N2CCN(CC(=O)NCCOc3ccc(C)cc3C)CC2)c1. The van der Waals surface area contributed by atoms with Crippen molar-refractivity contribution in [2.75, 3.05) is 57.9 Å². The summed E-state index contributed by atoms with van der Waals surface area (Å²) in [6, 6.07) is 14.2. The van der Waals surface area contributed by atoms with Crippen LogP contribution in [0.5, 0.6) is 11.5 Å². The summed E-state index contributed by atoms with van der Waals surface area (Å²) in [5, 5.41) is 2.95. The fraction of sp³-hybridized carbons (Fsp3) is 0.435. The first-order valence-electron chi connectivity index (χ1n) is 10.1. The minimum atomic E-state index is 0.0454. The molecular formula is C23H31N3O3. The minimum absolute atomic E-state index is 0.0454. The van der Waals surface area contributed by atoms with Crippen LogP contribution in [0.1, 0.15) is 11.1 Å². The Hall–Kier alpha value is -2.73. The van der Waals surface area contributed by atoms with E-state index in [0.717, 1.165) is 48.9 Å². The lowest BCUT2D eigenvalue weighted by molar-refractivity contribution is -0.122. The van der Waals surface area contributed by atoms with Crippen molar-refractivity contribution in [3.8, 4) is 11.5 Å². The number of nitrogens with zero attached hydrogens (tertiary/aromatic N) is 2. The average molecular weight is 398 g/mol. The minimum Gasteiger partial charge on any atom is -0.497 e. The highest BCUT2D eigenvalue weighted by Gasteiger charge is 2.19. The van der Waals surface area contributed by atoms with Crippen molar-refractivity contribution in [3.05, 3.63) is 53.6 Å². The van der Waals surface area contributed by atoms with Crippen LogP contribution in [-0.2, 0) is 4.79 Å². The van der Waals surface area contributed by atoms with E-state index >= 15 is 0 Å². The number of methoxy groups -OCH3 is 1. The zero-order chi connectivity index (χ0) is 20.6. The maximum absolute atomic E-state index is 12.2. The smallest absolute Gasteiger partial charge is 0.234 e. The summed E-state index contributed by atoms with van der Waals surface area (Å²) in [7, 11) is 1.68. The van der Waals surface area contributed by atoms with Crippen LogP contribution in [0.2, 0.25) is 0 Å². The normalized spacial score (nSPS) is 14.5. The summed E-state index contributed by atoms with van der Waals surface area (Å²) in [4.78, 5) is 16.8. The Morgan fingerprint density at radius 1 is 1.07 bits per heavy atom. The quantitative estimate of drug-likeness (QED) is 0.694. The fourth-order valence-electron chi connectivity index (χ4n) is 3.54. The summed E-state index contributed by atoms with van der Waals surface area (Å²) >= 11 is 0. The van der Waals surface area contributed by atoms with E-state index in [0.29, 0.717) is 19.7 Å². The van der Waals surface area contributed by atoms with Crippen LogP contribution in [-0.4, -0.2) is 63.8 Å². The molecule has 1 heterocycles. The van der Waals surface area contributed by atoms with Crippen molar-refractivity contribution in [1.82, 2.24) is 10.2 Å². The molecule has 6 nitrogen and oxygen atoms in total. The average Bonchev–Trinajstić information content (AvgIpc) is 2.73. The Morgan fingerprint density at radius 2 is 1.86 bits per heavy atom. The standard InChI is InChI=1S/C23H31N3O3/c1-18-7-8-22(19(2)15-18)29-14-9-24-23(27)17-25-10-12-26(13-11-25)20-5-4-6-21(16-20)28-3/h4-8,15-16H,9-14,17H2,1-3H3,(H,24,27). The van der Waals surface area contributed by atoms with Gasteiger partial charge < -0.3 is 19.7 Å². The maximum Gasteiger partial charge on any atom is 0.234 e. The molecule has 0 bridgehead atoms. The highest BCUT2D eigenvalue weighted by molar-refractivity contribution is 5.78. The third-order valence-corrected chi connectivity index (χ3v) is 5.17. The van der Waals surface area contributed by atoms with Gasteiger partial charge in [-0.15, -0.1) is 0 Å². The molecule has 1 aliphatic rings. The van der Waals surface area contributed by atoms with E-state index < -0.39 is 0 Å². The van der Waals surface area contributed by atoms with E-state index in [9.17, 15) is 4.79 Å². The van der Waals surface area contributed by atoms with Crippen molar-refractivity contribution >= 4 is 11.6 Å². The van der Waals surface area contributed by atoms with Gasteiger partial charge in [-0.2, -0.15) is 0 Å². The maximum atomic E-state index is 12.2. The van der Waals surface area contributed by atoms with Crippen LogP contribution in [0.25, 0.3) is 0 Å². The molecule has 1 amide bonds. The summed E-state index contributed by atoms with van der Waals surface area (Å²) < 4.78 is 11.1. The summed E-state index contributed by atoms with van der Waals surface area (Å²) in [5.74, 6) is 1.79. The van der Waals surface area contributed by atoms with Gasteiger partial charge in [0.05, 0.1) is 20.2 Å². The first-order valence-corrected chi connectivity index (χ1v) is 10.1. The molecule has 156 valence electrons. The van der Waals surface area contributed by atoms with E-state index in [1.54, 1.807) is 7.11 Å². The molecule has 0 unspecified atom stereocenters. The lowest BCUT2D eigenvalue weighted by atomic mass is 10.1. The molecule has 0 saturated carbocycles. The van der Waals surface area contributed by atoms with Crippen LogP contribution >= 0.6 is 0 Å². The molecule has 2 aromatic carbocycles. The second kappa shape index (κ2) is 10.2. The van der Waals surface area contributed by atoms with Crippen LogP contribution in [0.15, 0.2) is 42.5 Å². The second-order valence-electron chi connectivity index (χ2n) is 7.43. The number of carbonyl (C=O) groups excluding carboxylic acids is 1. The third-order valence-electron chi connectivity index (χ3n) is 5.17. The molecule has 0 radical (unpaired) electrons. The van der Waals surface area contributed by atoms with Crippen LogP contribution in [0.4, 0.5) is 5.69 Å². The largest absolute Gasteiger partial charge is 0.497 e. The number of aryl methyl sites for hydroxylation is 2. The van der Waals surface area contributed by atoms with E-state index in [2.05, 4.69) is 40.2 Å². The van der Waals surface area contributed by atoms with E-state index in [-0.39, 0.29) is 5.91 Å². The highest BCUT2D eigenvalue weighted by atomic mass is 16.5. The Kier molecular flexibility index (Phi) is 7.36. The lowest BCUT2D eigenvalue weighted by Crippen LogP contribution is -2.49. The van der Waals surface area contributed by atoms with Gasteiger partial charge in [-0.3, -0.25) is 9.69 Å². The summed E-state index contributed by atoms with van der Waals surface area (Å²) in [5.41, 5.74) is 3.50. The number of hydrogen-bond donors (Lipinski definition) is 1. The van der Waals surface area contributed by atoms with Crippen LogP contribution in [0.3, 0.4) is 0 Å². The van der Waals surface area contributed by atoms with Gasteiger partial charge >= 0.3 is 0 Å². The monoisotopic (exact) mass is 397 g/mol. The number of amides is 1. The number of hydrogen-bond acceptors (Lipinski definition) is 5. The van der Waals surface area contributed by atoms with Crippen molar-refractivity contribution in [2.45, 2.75) is 13.8 Å². The molecule has 0 spiro atoms. The number of benzene rings is 2. The second-order valence-corrected chi connectivity index (χ2v) is 7.43.